The molecular weight excluding hydrogens is 284 g/mol. The Kier molecular flexibility index (Phi) is 3.50. The van der Waals surface area contributed by atoms with Gasteiger partial charge in [-0.15, -0.1) is 5.73 Å². The summed E-state index contributed by atoms with van der Waals surface area (Å²) in [5.74, 6) is -1.38. The van der Waals surface area contributed by atoms with Gasteiger partial charge in [-0.25, -0.2) is 0 Å². The summed E-state index contributed by atoms with van der Waals surface area (Å²) >= 11 is 5.53. The van der Waals surface area contributed by atoms with E-state index < -0.39 is 17.9 Å². The summed E-state index contributed by atoms with van der Waals surface area (Å²) in [5.41, 5.74) is 4.12. The van der Waals surface area contributed by atoms with E-state index in [0.717, 1.165) is 0 Å². The van der Waals surface area contributed by atoms with Gasteiger partial charge in [0.05, 0.1) is 0 Å². The van der Waals surface area contributed by atoms with Crippen molar-refractivity contribution in [2.24, 2.45) is 0 Å². The highest BCUT2D eigenvalue weighted by Gasteiger charge is 2.60. The summed E-state index contributed by atoms with van der Waals surface area (Å²) < 4.78 is 29.5. The summed E-state index contributed by atoms with van der Waals surface area (Å²) in [6.45, 7) is 7.46. The lowest BCUT2D eigenvalue weighted by Gasteiger charge is -2.35. The van der Waals surface area contributed by atoms with Crippen LogP contribution in [0.15, 0.2) is 17.3 Å². The summed E-state index contributed by atoms with van der Waals surface area (Å²) in [6.07, 6.45) is 0.0798. The van der Waals surface area contributed by atoms with Gasteiger partial charge >= 0.3 is 0 Å². The van der Waals surface area contributed by atoms with Crippen LogP contribution in [-0.4, -0.2) is 42.3 Å². The minimum Gasteiger partial charge on any atom is -0.342 e. The highest BCUT2D eigenvalue weighted by Crippen LogP contribution is 2.44. The number of fused-ring (bicyclic) bond motifs is 3. The van der Waals surface area contributed by atoms with Crippen LogP contribution < -0.4 is 0 Å². The van der Waals surface area contributed by atoms with Crippen LogP contribution in [0.4, 0.5) is 0 Å². The van der Waals surface area contributed by atoms with Crippen molar-refractivity contribution in [3.63, 3.8) is 0 Å². The number of hydrogen-bond acceptors (Lipinski definition) is 5. The molecule has 3 fully saturated rings. The first-order chi connectivity index (χ1) is 9.31. The van der Waals surface area contributed by atoms with E-state index in [4.69, 9.17) is 35.3 Å². The van der Waals surface area contributed by atoms with Crippen LogP contribution in [0.5, 0.6) is 0 Å². The van der Waals surface area contributed by atoms with E-state index in [-0.39, 0.29) is 24.4 Å². The number of hydrogen-bond donors (Lipinski definition) is 0. The van der Waals surface area contributed by atoms with Crippen LogP contribution in [0.3, 0.4) is 0 Å². The Hall–Kier alpha value is -0.390. The van der Waals surface area contributed by atoms with Gasteiger partial charge in [0.2, 0.25) is 0 Å². The number of rotatable bonds is 1. The first-order valence-electron chi connectivity index (χ1n) is 6.69. The molecule has 0 unspecified atom stereocenters. The molecule has 112 valence electrons. The van der Waals surface area contributed by atoms with Gasteiger partial charge in [-0.1, -0.05) is 11.6 Å². The van der Waals surface area contributed by atoms with Crippen molar-refractivity contribution in [2.75, 3.05) is 0 Å². The van der Waals surface area contributed by atoms with E-state index in [9.17, 15) is 0 Å². The van der Waals surface area contributed by atoms with Crippen LogP contribution in [0.2, 0.25) is 0 Å². The zero-order valence-corrected chi connectivity index (χ0v) is 12.7. The molecule has 0 aromatic heterocycles. The second-order valence-electron chi connectivity index (χ2n) is 6.08. The van der Waals surface area contributed by atoms with Crippen molar-refractivity contribution in [2.45, 2.75) is 70.0 Å². The molecule has 0 aromatic carbocycles. The fraction of sp³-hybridized carbons (Fsp3) is 0.786. The zero-order valence-electron chi connectivity index (χ0n) is 12.0. The molecule has 0 amide bonds. The molecule has 0 radical (unpaired) electrons. The van der Waals surface area contributed by atoms with Gasteiger partial charge < -0.3 is 23.7 Å². The Morgan fingerprint density at radius 1 is 0.900 bits per heavy atom. The van der Waals surface area contributed by atoms with Gasteiger partial charge in [-0.05, 0) is 33.8 Å². The van der Waals surface area contributed by atoms with E-state index in [1.807, 2.05) is 27.7 Å². The second kappa shape index (κ2) is 4.82. The zero-order chi connectivity index (χ0) is 14.5. The maximum absolute atomic E-state index is 5.97. The molecular formula is C14H19ClO5. The van der Waals surface area contributed by atoms with Gasteiger partial charge in [0.25, 0.3) is 0 Å². The molecule has 5 nitrogen and oxygen atoms in total. The molecule has 0 saturated carbocycles. The Morgan fingerprint density at radius 2 is 1.50 bits per heavy atom. The molecule has 5 atom stereocenters. The van der Waals surface area contributed by atoms with Gasteiger partial charge in [0.1, 0.15) is 24.4 Å². The largest absolute Gasteiger partial charge is 0.342 e. The smallest absolute Gasteiger partial charge is 0.190 e. The molecule has 3 rings (SSSR count). The van der Waals surface area contributed by atoms with Crippen molar-refractivity contribution < 1.29 is 23.7 Å². The number of halogens is 1. The van der Waals surface area contributed by atoms with E-state index >= 15 is 0 Å². The summed E-state index contributed by atoms with van der Waals surface area (Å²) in [4.78, 5) is 0. The normalized spacial score (nSPS) is 44.4. The van der Waals surface area contributed by atoms with Crippen molar-refractivity contribution in [3.8, 4) is 0 Å². The molecule has 3 heterocycles. The second-order valence-corrected chi connectivity index (χ2v) is 6.29. The van der Waals surface area contributed by atoms with Crippen molar-refractivity contribution in [1.82, 2.24) is 0 Å². The Balaban J connectivity index is 1.89. The predicted molar refractivity (Wildman–Crippen MR) is 71.0 cm³/mol. The first kappa shape index (κ1) is 14.5. The molecule has 0 bridgehead atoms. The van der Waals surface area contributed by atoms with E-state index in [2.05, 4.69) is 5.73 Å². The molecule has 20 heavy (non-hydrogen) atoms. The fourth-order valence-electron chi connectivity index (χ4n) is 2.91. The van der Waals surface area contributed by atoms with Crippen LogP contribution in [-0.2, 0) is 23.7 Å². The monoisotopic (exact) mass is 302 g/mol. The van der Waals surface area contributed by atoms with E-state index in [1.54, 1.807) is 6.08 Å². The highest BCUT2D eigenvalue weighted by molar-refractivity contribution is 6.25. The van der Waals surface area contributed by atoms with Crippen LogP contribution >= 0.6 is 11.6 Å². The highest BCUT2D eigenvalue weighted by atomic mass is 35.5. The third-order valence-corrected chi connectivity index (χ3v) is 3.64. The quantitative estimate of drug-likeness (QED) is 0.696. The van der Waals surface area contributed by atoms with Crippen LogP contribution in [0.25, 0.3) is 0 Å². The first-order valence-corrected chi connectivity index (χ1v) is 7.13. The summed E-state index contributed by atoms with van der Waals surface area (Å²) in [6, 6.07) is 0. The maximum atomic E-state index is 5.97. The summed E-state index contributed by atoms with van der Waals surface area (Å²) in [5, 5.41) is 0. The Morgan fingerprint density at radius 3 is 2.20 bits per heavy atom. The molecule has 3 aliphatic rings. The molecule has 0 aliphatic carbocycles. The lowest BCUT2D eigenvalue weighted by molar-refractivity contribution is -0.222. The van der Waals surface area contributed by atoms with Crippen LogP contribution in [0.1, 0.15) is 27.7 Å². The summed E-state index contributed by atoms with van der Waals surface area (Å²) in [7, 11) is 0. The Labute approximate surface area is 123 Å². The average Bonchev–Trinajstić information content (AvgIpc) is 2.80. The molecule has 0 aromatic rings. The molecule has 3 aliphatic heterocycles. The Bertz CT molecular complexity index is 454. The van der Waals surface area contributed by atoms with Crippen LogP contribution in [0, 0.1) is 0 Å². The maximum Gasteiger partial charge on any atom is 0.190 e. The van der Waals surface area contributed by atoms with E-state index in [0.29, 0.717) is 0 Å². The van der Waals surface area contributed by atoms with Gasteiger partial charge in [0, 0.05) is 5.54 Å². The lowest BCUT2D eigenvalue weighted by atomic mass is 9.99. The minimum absolute atomic E-state index is 0.246. The van der Waals surface area contributed by atoms with Crippen molar-refractivity contribution in [3.05, 3.63) is 17.3 Å². The van der Waals surface area contributed by atoms with Gasteiger partial charge in [0.15, 0.2) is 17.9 Å². The van der Waals surface area contributed by atoms with Gasteiger partial charge in [-0.2, -0.15) is 0 Å². The third-order valence-electron chi connectivity index (χ3n) is 3.51. The number of ether oxygens (including phenoxy) is 5. The molecule has 6 heteroatoms. The van der Waals surface area contributed by atoms with E-state index in [1.165, 1.54) is 5.54 Å². The average molecular weight is 303 g/mol. The van der Waals surface area contributed by atoms with Crippen molar-refractivity contribution >= 4 is 11.6 Å². The third kappa shape index (κ3) is 2.55. The lowest BCUT2D eigenvalue weighted by Crippen LogP contribution is -2.54. The standard InChI is InChI=1S/C14H19ClO5/c1-13(2)17-9-8(6-5-7-15)16-12-11(10(9)18-13)19-14(3,4)20-12/h6-12H,1-4H3/t5?,8-,9+,10+,11-,12-/m1/s1. The predicted octanol–water partition coefficient (Wildman–Crippen LogP) is 2.29. The fourth-order valence-corrected chi connectivity index (χ4v) is 2.98. The minimum atomic E-state index is -0.698. The molecule has 3 saturated heterocycles. The topological polar surface area (TPSA) is 46.2 Å². The van der Waals surface area contributed by atoms with Gasteiger partial charge in [-0.3, -0.25) is 0 Å². The van der Waals surface area contributed by atoms with Crippen molar-refractivity contribution in [1.29, 1.82) is 0 Å². The molecule has 0 spiro atoms. The molecule has 0 N–H and O–H groups in total. The SMILES string of the molecule is CC1(C)O[C@H]2[C@@H](O1)[C@@H](C=C=CCl)O[C@@H]1OC(C)(C)O[C@@H]12.